The monoisotopic (exact) mass is 342 g/mol. The third-order valence-electron chi connectivity index (χ3n) is 4.41. The largest absolute Gasteiger partial charge is 0.380 e. The average Bonchev–Trinajstić information content (AvgIpc) is 2.59. The summed E-state index contributed by atoms with van der Waals surface area (Å²) in [5.41, 5.74) is 0. The van der Waals surface area contributed by atoms with E-state index in [1.54, 1.807) is 0 Å². The molecule has 0 spiro atoms. The van der Waals surface area contributed by atoms with Crippen molar-refractivity contribution >= 4 is 5.91 Å². The molecule has 0 bridgehead atoms. The standard InChI is InChI=1S/C20H42N2O2/c1-4-7-8-9-10-11-12-13-14-15-20(23)22(5-2)18-16-21-17-19-24-6-3/h21H,4-19H2,1-3H3. The topological polar surface area (TPSA) is 41.6 Å². The van der Waals surface area contributed by atoms with E-state index in [4.69, 9.17) is 4.74 Å². The third kappa shape index (κ3) is 14.9. The molecule has 0 radical (unpaired) electrons. The van der Waals surface area contributed by atoms with Crippen LogP contribution >= 0.6 is 0 Å². The molecule has 0 saturated heterocycles. The zero-order chi connectivity index (χ0) is 17.9. The van der Waals surface area contributed by atoms with E-state index in [0.29, 0.717) is 12.3 Å². The van der Waals surface area contributed by atoms with Gasteiger partial charge in [-0.25, -0.2) is 0 Å². The zero-order valence-electron chi connectivity index (χ0n) is 16.6. The van der Waals surface area contributed by atoms with E-state index in [0.717, 1.165) is 45.8 Å². The Kier molecular flexibility index (Phi) is 18.2. The number of nitrogens with one attached hydrogen (secondary N) is 1. The van der Waals surface area contributed by atoms with Crippen molar-refractivity contribution < 1.29 is 9.53 Å². The molecule has 0 aliphatic carbocycles. The molecule has 0 aromatic heterocycles. The number of amides is 1. The number of unbranched alkanes of at least 4 members (excludes halogenated alkanes) is 8. The van der Waals surface area contributed by atoms with Gasteiger partial charge < -0.3 is 15.0 Å². The van der Waals surface area contributed by atoms with E-state index in [1.807, 2.05) is 11.8 Å². The van der Waals surface area contributed by atoms with Crippen LogP contribution in [0.15, 0.2) is 0 Å². The first kappa shape index (κ1) is 23.4. The Balaban J connectivity index is 3.51. The smallest absolute Gasteiger partial charge is 0.222 e. The van der Waals surface area contributed by atoms with Gasteiger partial charge in [0.15, 0.2) is 0 Å². The van der Waals surface area contributed by atoms with Gasteiger partial charge in [0.25, 0.3) is 0 Å². The second-order valence-corrected chi connectivity index (χ2v) is 6.50. The number of rotatable bonds is 18. The maximum atomic E-state index is 12.2. The molecule has 4 heteroatoms. The maximum Gasteiger partial charge on any atom is 0.222 e. The molecule has 0 saturated carbocycles. The Hall–Kier alpha value is -0.610. The number of carbonyl (C=O) groups is 1. The van der Waals surface area contributed by atoms with E-state index in [-0.39, 0.29) is 0 Å². The van der Waals surface area contributed by atoms with Crippen molar-refractivity contribution in [3.05, 3.63) is 0 Å². The van der Waals surface area contributed by atoms with Crippen LogP contribution in [0, 0.1) is 0 Å². The second-order valence-electron chi connectivity index (χ2n) is 6.50. The highest BCUT2D eigenvalue weighted by Gasteiger charge is 2.10. The predicted molar refractivity (Wildman–Crippen MR) is 103 cm³/mol. The summed E-state index contributed by atoms with van der Waals surface area (Å²) in [7, 11) is 0. The van der Waals surface area contributed by atoms with Gasteiger partial charge in [-0.2, -0.15) is 0 Å². The Morgan fingerprint density at radius 1 is 0.875 bits per heavy atom. The molecule has 0 aromatic carbocycles. The molecule has 0 rings (SSSR count). The molecule has 1 N–H and O–H groups in total. The van der Waals surface area contributed by atoms with Gasteiger partial charge in [0, 0.05) is 39.2 Å². The Morgan fingerprint density at radius 2 is 1.50 bits per heavy atom. The molecule has 0 atom stereocenters. The first-order valence-corrected chi connectivity index (χ1v) is 10.3. The molecular formula is C20H42N2O2. The minimum Gasteiger partial charge on any atom is -0.380 e. The number of nitrogens with zero attached hydrogens (tertiary/aromatic N) is 1. The van der Waals surface area contributed by atoms with Crippen molar-refractivity contribution in [1.82, 2.24) is 10.2 Å². The lowest BCUT2D eigenvalue weighted by atomic mass is 10.1. The van der Waals surface area contributed by atoms with Crippen molar-refractivity contribution in [2.24, 2.45) is 0 Å². The molecule has 0 aliphatic heterocycles. The Labute approximate surface area is 150 Å². The summed E-state index contributed by atoms with van der Waals surface area (Å²) >= 11 is 0. The molecule has 0 aliphatic rings. The average molecular weight is 343 g/mol. The summed E-state index contributed by atoms with van der Waals surface area (Å²) in [6, 6.07) is 0. The lowest BCUT2D eigenvalue weighted by Gasteiger charge is -2.21. The van der Waals surface area contributed by atoms with Gasteiger partial charge >= 0.3 is 0 Å². The van der Waals surface area contributed by atoms with Crippen LogP contribution in [0.3, 0.4) is 0 Å². The van der Waals surface area contributed by atoms with Crippen LogP contribution in [0.5, 0.6) is 0 Å². The second kappa shape index (κ2) is 18.7. The van der Waals surface area contributed by atoms with E-state index < -0.39 is 0 Å². The fourth-order valence-electron chi connectivity index (χ4n) is 2.83. The van der Waals surface area contributed by atoms with Crippen molar-refractivity contribution in [2.45, 2.75) is 85.0 Å². The fourth-order valence-corrected chi connectivity index (χ4v) is 2.83. The summed E-state index contributed by atoms with van der Waals surface area (Å²) in [6.45, 7) is 11.2. The zero-order valence-corrected chi connectivity index (χ0v) is 16.6. The van der Waals surface area contributed by atoms with Crippen LogP contribution in [0.2, 0.25) is 0 Å². The van der Waals surface area contributed by atoms with E-state index in [9.17, 15) is 4.79 Å². The van der Waals surface area contributed by atoms with Crippen molar-refractivity contribution in [3.63, 3.8) is 0 Å². The van der Waals surface area contributed by atoms with Crippen LogP contribution in [-0.2, 0) is 9.53 Å². The van der Waals surface area contributed by atoms with Gasteiger partial charge in [0.1, 0.15) is 0 Å². The summed E-state index contributed by atoms with van der Waals surface area (Å²) in [6.07, 6.45) is 12.4. The highest BCUT2D eigenvalue weighted by molar-refractivity contribution is 5.76. The van der Waals surface area contributed by atoms with Gasteiger partial charge in [-0.1, -0.05) is 58.3 Å². The molecule has 0 unspecified atom stereocenters. The van der Waals surface area contributed by atoms with Crippen LogP contribution in [0.25, 0.3) is 0 Å². The lowest BCUT2D eigenvalue weighted by Crippen LogP contribution is -2.37. The first-order valence-electron chi connectivity index (χ1n) is 10.3. The normalized spacial score (nSPS) is 11.0. The van der Waals surface area contributed by atoms with Gasteiger partial charge in [-0.15, -0.1) is 0 Å². The van der Waals surface area contributed by atoms with Crippen molar-refractivity contribution in [2.75, 3.05) is 39.4 Å². The molecule has 0 aromatic rings. The molecule has 144 valence electrons. The molecule has 1 amide bonds. The van der Waals surface area contributed by atoms with Crippen LogP contribution in [0.4, 0.5) is 0 Å². The summed E-state index contributed by atoms with van der Waals surface area (Å²) < 4.78 is 5.28. The molecule has 0 heterocycles. The quantitative estimate of drug-likeness (QED) is 0.376. The molecule has 4 nitrogen and oxygen atoms in total. The van der Waals surface area contributed by atoms with Crippen LogP contribution < -0.4 is 5.32 Å². The highest BCUT2D eigenvalue weighted by Crippen LogP contribution is 2.11. The van der Waals surface area contributed by atoms with E-state index >= 15 is 0 Å². The summed E-state index contributed by atoms with van der Waals surface area (Å²) in [5, 5.41) is 3.33. The van der Waals surface area contributed by atoms with Gasteiger partial charge in [-0.3, -0.25) is 4.79 Å². The summed E-state index contributed by atoms with van der Waals surface area (Å²) in [5.74, 6) is 0.312. The SMILES string of the molecule is CCCCCCCCCCCC(=O)N(CC)CCNCCOCC. The van der Waals surface area contributed by atoms with Gasteiger partial charge in [0.2, 0.25) is 5.91 Å². The minimum atomic E-state index is 0.312. The molecular weight excluding hydrogens is 300 g/mol. The van der Waals surface area contributed by atoms with Crippen molar-refractivity contribution in [1.29, 1.82) is 0 Å². The first-order chi connectivity index (χ1) is 11.8. The number of ether oxygens (including phenoxy) is 1. The van der Waals surface area contributed by atoms with Crippen LogP contribution in [0.1, 0.15) is 85.0 Å². The van der Waals surface area contributed by atoms with E-state index in [2.05, 4.69) is 19.2 Å². The lowest BCUT2D eigenvalue weighted by molar-refractivity contribution is -0.131. The van der Waals surface area contributed by atoms with Crippen molar-refractivity contribution in [3.8, 4) is 0 Å². The molecule has 0 fully saturated rings. The van der Waals surface area contributed by atoms with Gasteiger partial charge in [-0.05, 0) is 20.3 Å². The third-order valence-corrected chi connectivity index (χ3v) is 4.41. The Morgan fingerprint density at radius 3 is 2.08 bits per heavy atom. The maximum absolute atomic E-state index is 12.2. The highest BCUT2D eigenvalue weighted by atomic mass is 16.5. The van der Waals surface area contributed by atoms with E-state index in [1.165, 1.54) is 51.4 Å². The number of likely N-dealkylation sites (N-methyl/N-ethyl adjacent to an activating group) is 1. The van der Waals surface area contributed by atoms with Crippen LogP contribution in [-0.4, -0.2) is 50.2 Å². The number of carbonyl (C=O) groups excluding carboxylic acids is 1. The number of hydrogen-bond acceptors (Lipinski definition) is 3. The van der Waals surface area contributed by atoms with Gasteiger partial charge in [0.05, 0.1) is 6.61 Å². The minimum absolute atomic E-state index is 0.312. The number of hydrogen-bond donors (Lipinski definition) is 1. The predicted octanol–water partition coefficient (Wildman–Crippen LogP) is 4.38. The summed E-state index contributed by atoms with van der Waals surface area (Å²) in [4.78, 5) is 14.2. The fraction of sp³-hybridized carbons (Fsp3) is 0.950. The Bertz CT molecular complexity index is 272. The molecule has 24 heavy (non-hydrogen) atoms.